The van der Waals surface area contributed by atoms with E-state index in [0.717, 1.165) is 22.4 Å². The first-order chi connectivity index (χ1) is 12.9. The van der Waals surface area contributed by atoms with Crippen LogP contribution in [0.4, 0.5) is 11.4 Å². The first kappa shape index (κ1) is 18.8. The van der Waals surface area contributed by atoms with E-state index in [2.05, 4.69) is 0 Å². The molecule has 2 aromatic rings. The average Bonchev–Trinajstić information content (AvgIpc) is 2.93. The molecule has 0 aliphatic carbocycles. The third-order valence-electron chi connectivity index (χ3n) is 4.19. The number of nitro groups is 1. The minimum atomic E-state index is -0.444. The number of carbonyl (C=O) groups excluding carboxylic acids is 1. The first-order valence-corrected chi connectivity index (χ1v) is 9.32. The van der Waals surface area contributed by atoms with Crippen LogP contribution in [0.5, 0.6) is 0 Å². The van der Waals surface area contributed by atoms with Crippen molar-refractivity contribution < 1.29 is 9.72 Å². The molecule has 138 valence electrons. The maximum absolute atomic E-state index is 12.7. The van der Waals surface area contributed by atoms with Gasteiger partial charge in [-0.25, -0.2) is 4.99 Å². The van der Waals surface area contributed by atoms with Gasteiger partial charge < -0.3 is 0 Å². The fourth-order valence-electron chi connectivity index (χ4n) is 2.66. The summed E-state index contributed by atoms with van der Waals surface area (Å²) in [7, 11) is 0. The van der Waals surface area contributed by atoms with E-state index < -0.39 is 4.92 Å². The Morgan fingerprint density at radius 1 is 1.19 bits per heavy atom. The second-order valence-corrected chi connectivity index (χ2v) is 7.20. The van der Waals surface area contributed by atoms with Gasteiger partial charge in [-0.05, 0) is 73.5 Å². The zero-order valence-corrected chi connectivity index (χ0v) is 16.1. The highest BCUT2D eigenvalue weighted by Crippen LogP contribution is 2.35. The Balaban J connectivity index is 1.93. The second-order valence-electron chi connectivity index (χ2n) is 6.19. The number of nitrogens with zero attached hydrogens (tertiary/aromatic N) is 3. The van der Waals surface area contributed by atoms with Gasteiger partial charge in [0.05, 0.1) is 15.5 Å². The molecule has 0 N–H and O–H groups in total. The van der Waals surface area contributed by atoms with Crippen LogP contribution in [-0.4, -0.2) is 27.4 Å². The Hall–Kier alpha value is -2.93. The lowest BCUT2D eigenvalue weighted by Crippen LogP contribution is -2.28. The molecule has 1 saturated heterocycles. The highest BCUT2D eigenvalue weighted by atomic mass is 32.2. The Morgan fingerprint density at radius 3 is 2.52 bits per heavy atom. The maximum Gasteiger partial charge on any atom is 0.269 e. The monoisotopic (exact) mass is 381 g/mol. The van der Waals surface area contributed by atoms with Crippen LogP contribution in [0.1, 0.15) is 23.6 Å². The summed E-state index contributed by atoms with van der Waals surface area (Å²) in [5.41, 5.74) is 3.76. The quantitative estimate of drug-likeness (QED) is 0.432. The number of aryl methyl sites for hydroxylation is 2. The van der Waals surface area contributed by atoms with Crippen LogP contribution in [0.3, 0.4) is 0 Å². The number of hydrogen-bond donors (Lipinski definition) is 0. The summed E-state index contributed by atoms with van der Waals surface area (Å²) in [6.45, 7) is 6.43. The smallest absolute Gasteiger partial charge is 0.269 e. The largest absolute Gasteiger partial charge is 0.287 e. The molecule has 7 heteroatoms. The van der Waals surface area contributed by atoms with Crippen molar-refractivity contribution in [2.75, 3.05) is 6.54 Å². The van der Waals surface area contributed by atoms with Crippen LogP contribution < -0.4 is 0 Å². The van der Waals surface area contributed by atoms with Gasteiger partial charge in [-0.15, -0.1) is 0 Å². The predicted molar refractivity (Wildman–Crippen MR) is 109 cm³/mol. The topological polar surface area (TPSA) is 75.8 Å². The van der Waals surface area contributed by atoms with Gasteiger partial charge in [-0.1, -0.05) is 12.1 Å². The van der Waals surface area contributed by atoms with E-state index in [4.69, 9.17) is 4.99 Å². The molecule has 1 amide bonds. The number of carbonyl (C=O) groups is 1. The minimum absolute atomic E-state index is 0.0231. The fourth-order valence-corrected chi connectivity index (χ4v) is 3.71. The van der Waals surface area contributed by atoms with Crippen molar-refractivity contribution in [1.29, 1.82) is 0 Å². The summed E-state index contributed by atoms with van der Waals surface area (Å²) >= 11 is 1.32. The summed E-state index contributed by atoms with van der Waals surface area (Å²) in [6.07, 6.45) is 1.74. The second kappa shape index (κ2) is 7.75. The van der Waals surface area contributed by atoms with Crippen LogP contribution >= 0.6 is 11.8 Å². The summed E-state index contributed by atoms with van der Waals surface area (Å²) in [4.78, 5) is 29.9. The summed E-state index contributed by atoms with van der Waals surface area (Å²) in [5, 5.41) is 11.4. The maximum atomic E-state index is 12.7. The van der Waals surface area contributed by atoms with Crippen molar-refractivity contribution in [3.05, 3.63) is 74.2 Å². The van der Waals surface area contributed by atoms with Gasteiger partial charge in [0, 0.05) is 18.7 Å². The van der Waals surface area contributed by atoms with E-state index in [1.165, 1.54) is 23.9 Å². The SMILES string of the molecule is CCN1C(=O)/C(=C\c2ccc([N+](=O)[O-])cc2)SC1=Nc1cc(C)ccc1C. The molecule has 0 unspecified atom stereocenters. The lowest BCUT2D eigenvalue weighted by molar-refractivity contribution is -0.384. The molecule has 0 spiro atoms. The van der Waals surface area contributed by atoms with Gasteiger partial charge in [0.15, 0.2) is 5.17 Å². The van der Waals surface area contributed by atoms with Gasteiger partial charge >= 0.3 is 0 Å². The molecule has 0 saturated carbocycles. The third kappa shape index (κ3) is 4.09. The summed E-state index contributed by atoms with van der Waals surface area (Å²) in [5.74, 6) is -0.107. The molecule has 1 fully saturated rings. The highest BCUT2D eigenvalue weighted by molar-refractivity contribution is 8.18. The van der Waals surface area contributed by atoms with Crippen LogP contribution in [-0.2, 0) is 4.79 Å². The molecular formula is C20H19N3O3S. The molecule has 0 bridgehead atoms. The standard InChI is InChI=1S/C20H19N3O3S/c1-4-22-19(24)18(12-15-7-9-16(10-8-15)23(25)26)27-20(22)21-17-11-13(2)5-6-14(17)3/h5-12H,4H2,1-3H3/b18-12+,21-20?. The Kier molecular flexibility index (Phi) is 5.41. The van der Waals surface area contributed by atoms with Gasteiger partial charge in [-0.2, -0.15) is 0 Å². The number of rotatable bonds is 4. The molecule has 1 heterocycles. The molecule has 2 aromatic carbocycles. The number of nitro benzene ring substituents is 1. The normalized spacial score (nSPS) is 17.1. The highest BCUT2D eigenvalue weighted by Gasteiger charge is 2.32. The van der Waals surface area contributed by atoms with E-state index in [1.54, 1.807) is 23.1 Å². The molecule has 6 nitrogen and oxygen atoms in total. The predicted octanol–water partition coefficient (Wildman–Crippen LogP) is 4.84. The Morgan fingerprint density at radius 2 is 1.89 bits per heavy atom. The zero-order chi connectivity index (χ0) is 19.6. The van der Waals surface area contributed by atoms with Crippen molar-refractivity contribution in [2.24, 2.45) is 4.99 Å². The van der Waals surface area contributed by atoms with Crippen molar-refractivity contribution in [3.63, 3.8) is 0 Å². The zero-order valence-electron chi connectivity index (χ0n) is 15.3. The van der Waals surface area contributed by atoms with Crippen LogP contribution in [0.15, 0.2) is 52.4 Å². The number of non-ortho nitro benzene ring substituents is 1. The van der Waals surface area contributed by atoms with Crippen molar-refractivity contribution in [3.8, 4) is 0 Å². The molecular weight excluding hydrogens is 362 g/mol. The van der Waals surface area contributed by atoms with Crippen molar-refractivity contribution >= 4 is 40.3 Å². The molecule has 3 rings (SSSR count). The molecule has 1 aliphatic heterocycles. The van der Waals surface area contributed by atoms with Crippen LogP contribution in [0, 0.1) is 24.0 Å². The number of thioether (sulfide) groups is 1. The van der Waals surface area contributed by atoms with E-state index in [9.17, 15) is 14.9 Å². The lowest BCUT2D eigenvalue weighted by Gasteiger charge is -2.12. The van der Waals surface area contributed by atoms with Crippen LogP contribution in [0.25, 0.3) is 6.08 Å². The molecule has 0 atom stereocenters. The van der Waals surface area contributed by atoms with E-state index in [0.29, 0.717) is 16.6 Å². The number of amides is 1. The van der Waals surface area contributed by atoms with E-state index in [-0.39, 0.29) is 11.6 Å². The minimum Gasteiger partial charge on any atom is -0.287 e. The number of likely N-dealkylation sites (N-methyl/N-ethyl adjacent to an activating group) is 1. The lowest BCUT2D eigenvalue weighted by atomic mass is 10.1. The van der Waals surface area contributed by atoms with Crippen molar-refractivity contribution in [1.82, 2.24) is 4.90 Å². The third-order valence-corrected chi connectivity index (χ3v) is 5.19. The molecule has 0 radical (unpaired) electrons. The van der Waals surface area contributed by atoms with Gasteiger partial charge in [-0.3, -0.25) is 19.8 Å². The van der Waals surface area contributed by atoms with Crippen LogP contribution in [0.2, 0.25) is 0 Å². The van der Waals surface area contributed by atoms with E-state index >= 15 is 0 Å². The Bertz CT molecular complexity index is 965. The first-order valence-electron chi connectivity index (χ1n) is 8.51. The summed E-state index contributed by atoms with van der Waals surface area (Å²) < 4.78 is 0. The number of benzene rings is 2. The molecule has 1 aliphatic rings. The fraction of sp³-hybridized carbons (Fsp3) is 0.200. The van der Waals surface area contributed by atoms with Gasteiger partial charge in [0.2, 0.25) is 0 Å². The number of aliphatic imine (C=N–C) groups is 1. The number of amidine groups is 1. The molecule has 27 heavy (non-hydrogen) atoms. The summed E-state index contributed by atoms with van der Waals surface area (Å²) in [6, 6.07) is 12.2. The molecule has 0 aromatic heterocycles. The van der Waals surface area contributed by atoms with E-state index in [1.807, 2.05) is 39.0 Å². The average molecular weight is 381 g/mol. The van der Waals surface area contributed by atoms with Crippen molar-refractivity contribution in [2.45, 2.75) is 20.8 Å². The van der Waals surface area contributed by atoms with Gasteiger partial charge in [0.1, 0.15) is 0 Å². The Labute approximate surface area is 161 Å². The number of hydrogen-bond acceptors (Lipinski definition) is 5. The van der Waals surface area contributed by atoms with Gasteiger partial charge in [0.25, 0.3) is 11.6 Å².